The third-order valence-corrected chi connectivity index (χ3v) is 3.84. The Kier molecular flexibility index (Phi) is 4.16. The predicted octanol–water partition coefficient (Wildman–Crippen LogP) is 4.27. The van der Waals surface area contributed by atoms with Crippen molar-refractivity contribution in [1.29, 1.82) is 0 Å². The summed E-state index contributed by atoms with van der Waals surface area (Å²) < 4.78 is 0. The Morgan fingerprint density at radius 3 is 2.77 bits per heavy atom. The Morgan fingerprint density at radius 2 is 2.00 bits per heavy atom. The van der Waals surface area contributed by atoms with Gasteiger partial charge in [0.2, 0.25) is 5.13 Å². The second kappa shape index (κ2) is 6.41. The number of aromatic hydroxyl groups is 1. The van der Waals surface area contributed by atoms with Crippen LogP contribution in [0.2, 0.25) is 0 Å². The molecule has 0 fully saturated rings. The van der Waals surface area contributed by atoms with E-state index in [2.05, 4.69) is 46.7 Å². The second-order valence-corrected chi connectivity index (χ2v) is 5.73. The lowest BCUT2D eigenvalue weighted by atomic mass is 10.1. The van der Waals surface area contributed by atoms with E-state index in [1.165, 1.54) is 16.9 Å². The largest absolute Gasteiger partial charge is 0.508 e. The van der Waals surface area contributed by atoms with E-state index in [4.69, 9.17) is 0 Å². The zero-order chi connectivity index (χ0) is 15.4. The standard InChI is InChI=1S/C17H15N3OS/c1-12-5-7-14(8-6-12)16-11-22-17(19-16)20-18-10-13-3-2-4-15(21)9-13/h2-11,21H,1H3,(H,19,20)/b18-10-. The highest BCUT2D eigenvalue weighted by atomic mass is 32.1. The minimum Gasteiger partial charge on any atom is -0.508 e. The molecule has 3 rings (SSSR count). The number of benzene rings is 2. The van der Waals surface area contributed by atoms with Gasteiger partial charge in [-0.3, -0.25) is 5.43 Å². The van der Waals surface area contributed by atoms with Crippen LogP contribution in [0.4, 0.5) is 5.13 Å². The number of aryl methyl sites for hydroxylation is 1. The molecule has 0 aliphatic carbocycles. The minimum atomic E-state index is 0.222. The Bertz CT molecular complexity index is 794. The van der Waals surface area contributed by atoms with Crippen LogP contribution in [0, 0.1) is 6.92 Å². The van der Waals surface area contributed by atoms with Crippen LogP contribution >= 0.6 is 11.3 Å². The van der Waals surface area contributed by atoms with Gasteiger partial charge in [0.1, 0.15) is 5.75 Å². The number of anilines is 1. The third kappa shape index (κ3) is 3.51. The molecule has 3 aromatic rings. The van der Waals surface area contributed by atoms with Gasteiger partial charge >= 0.3 is 0 Å². The fourth-order valence-electron chi connectivity index (χ4n) is 1.95. The van der Waals surface area contributed by atoms with Gasteiger partial charge < -0.3 is 5.11 Å². The topological polar surface area (TPSA) is 57.5 Å². The molecule has 1 aromatic heterocycles. The summed E-state index contributed by atoms with van der Waals surface area (Å²) in [4.78, 5) is 4.50. The van der Waals surface area contributed by atoms with Gasteiger partial charge in [0, 0.05) is 10.9 Å². The van der Waals surface area contributed by atoms with Crippen molar-refractivity contribution in [3.63, 3.8) is 0 Å². The third-order valence-electron chi connectivity index (χ3n) is 3.10. The van der Waals surface area contributed by atoms with Crippen LogP contribution in [0.25, 0.3) is 11.3 Å². The molecule has 0 radical (unpaired) electrons. The van der Waals surface area contributed by atoms with Gasteiger partial charge in [0.25, 0.3) is 0 Å². The van der Waals surface area contributed by atoms with Gasteiger partial charge in [-0.15, -0.1) is 11.3 Å². The lowest BCUT2D eigenvalue weighted by Gasteiger charge is -1.97. The zero-order valence-electron chi connectivity index (χ0n) is 12.0. The van der Waals surface area contributed by atoms with E-state index in [-0.39, 0.29) is 5.75 Å². The number of hydrogen-bond acceptors (Lipinski definition) is 5. The highest BCUT2D eigenvalue weighted by Crippen LogP contribution is 2.25. The molecule has 0 atom stereocenters. The molecule has 0 amide bonds. The molecule has 0 spiro atoms. The van der Waals surface area contributed by atoms with E-state index < -0.39 is 0 Å². The number of aromatic nitrogens is 1. The minimum absolute atomic E-state index is 0.222. The van der Waals surface area contributed by atoms with Crippen molar-refractivity contribution in [2.75, 3.05) is 5.43 Å². The van der Waals surface area contributed by atoms with Crippen LogP contribution < -0.4 is 5.43 Å². The number of rotatable bonds is 4. The lowest BCUT2D eigenvalue weighted by Crippen LogP contribution is -1.90. The molecule has 2 aromatic carbocycles. The summed E-state index contributed by atoms with van der Waals surface area (Å²) in [6.07, 6.45) is 1.65. The van der Waals surface area contributed by atoms with Gasteiger partial charge in [0.05, 0.1) is 11.9 Å². The van der Waals surface area contributed by atoms with E-state index >= 15 is 0 Å². The van der Waals surface area contributed by atoms with E-state index in [1.807, 2.05) is 11.4 Å². The molecule has 5 heteroatoms. The van der Waals surface area contributed by atoms with Gasteiger partial charge in [-0.1, -0.05) is 42.0 Å². The van der Waals surface area contributed by atoms with Crippen LogP contribution in [0.3, 0.4) is 0 Å². The van der Waals surface area contributed by atoms with Crippen LogP contribution in [0.5, 0.6) is 5.75 Å². The Hall–Kier alpha value is -2.66. The summed E-state index contributed by atoms with van der Waals surface area (Å²) in [6, 6.07) is 15.2. The molecule has 2 N–H and O–H groups in total. The van der Waals surface area contributed by atoms with Gasteiger partial charge in [-0.25, -0.2) is 4.98 Å². The van der Waals surface area contributed by atoms with Crippen molar-refractivity contribution in [3.05, 3.63) is 65.0 Å². The maximum absolute atomic E-state index is 9.39. The Labute approximate surface area is 132 Å². The Morgan fingerprint density at radius 1 is 1.18 bits per heavy atom. The maximum atomic E-state index is 9.39. The smallest absolute Gasteiger partial charge is 0.203 e. The van der Waals surface area contributed by atoms with E-state index in [9.17, 15) is 5.11 Å². The number of phenols is 1. The van der Waals surface area contributed by atoms with Crippen LogP contribution in [0.1, 0.15) is 11.1 Å². The van der Waals surface area contributed by atoms with Crippen molar-refractivity contribution in [1.82, 2.24) is 4.98 Å². The first-order valence-corrected chi connectivity index (χ1v) is 7.69. The van der Waals surface area contributed by atoms with Crippen molar-refractivity contribution in [2.45, 2.75) is 6.92 Å². The van der Waals surface area contributed by atoms with E-state index in [0.717, 1.165) is 22.0 Å². The molecule has 4 nitrogen and oxygen atoms in total. The molecule has 0 bridgehead atoms. The normalized spacial score (nSPS) is 11.0. The second-order valence-electron chi connectivity index (χ2n) is 4.87. The van der Waals surface area contributed by atoms with Crippen molar-refractivity contribution in [3.8, 4) is 17.0 Å². The van der Waals surface area contributed by atoms with Crippen LogP contribution in [-0.4, -0.2) is 16.3 Å². The molecule has 110 valence electrons. The lowest BCUT2D eigenvalue weighted by molar-refractivity contribution is 0.475. The summed E-state index contributed by atoms with van der Waals surface area (Å²) in [5.74, 6) is 0.222. The fraction of sp³-hybridized carbons (Fsp3) is 0.0588. The number of nitrogens with zero attached hydrogens (tertiary/aromatic N) is 2. The van der Waals surface area contributed by atoms with Crippen molar-refractivity contribution in [2.24, 2.45) is 5.10 Å². The number of thiazole rings is 1. The molecular weight excluding hydrogens is 294 g/mol. The molecule has 0 saturated carbocycles. The molecule has 0 saturated heterocycles. The van der Waals surface area contributed by atoms with Crippen molar-refractivity contribution < 1.29 is 5.11 Å². The monoisotopic (exact) mass is 309 g/mol. The molecular formula is C17H15N3OS. The number of phenolic OH excluding ortho intramolecular Hbond substituents is 1. The first kappa shape index (κ1) is 14.3. The highest BCUT2D eigenvalue weighted by Gasteiger charge is 2.03. The average molecular weight is 309 g/mol. The first-order chi connectivity index (χ1) is 10.7. The quantitative estimate of drug-likeness (QED) is 0.559. The fourth-order valence-corrected chi connectivity index (χ4v) is 2.62. The molecule has 0 aliphatic rings. The molecule has 0 unspecified atom stereocenters. The average Bonchev–Trinajstić information content (AvgIpc) is 2.97. The number of hydrogen-bond donors (Lipinski definition) is 2. The molecule has 22 heavy (non-hydrogen) atoms. The summed E-state index contributed by atoms with van der Waals surface area (Å²) in [6.45, 7) is 2.06. The summed E-state index contributed by atoms with van der Waals surface area (Å²) >= 11 is 1.50. The van der Waals surface area contributed by atoms with Crippen LogP contribution in [0.15, 0.2) is 59.0 Å². The molecule has 0 aliphatic heterocycles. The summed E-state index contributed by atoms with van der Waals surface area (Å²) in [5.41, 5.74) is 6.98. The maximum Gasteiger partial charge on any atom is 0.203 e. The van der Waals surface area contributed by atoms with Gasteiger partial charge in [-0.2, -0.15) is 5.10 Å². The SMILES string of the molecule is Cc1ccc(-c2csc(N/N=C\c3cccc(O)c3)n2)cc1. The zero-order valence-corrected chi connectivity index (χ0v) is 12.8. The first-order valence-electron chi connectivity index (χ1n) is 6.81. The van der Waals surface area contributed by atoms with E-state index in [1.54, 1.807) is 24.4 Å². The van der Waals surface area contributed by atoms with Crippen LogP contribution in [-0.2, 0) is 0 Å². The van der Waals surface area contributed by atoms with Crippen molar-refractivity contribution >= 4 is 22.7 Å². The van der Waals surface area contributed by atoms with Gasteiger partial charge in [-0.05, 0) is 24.6 Å². The summed E-state index contributed by atoms with van der Waals surface area (Å²) in [7, 11) is 0. The summed E-state index contributed by atoms with van der Waals surface area (Å²) in [5, 5.41) is 16.2. The number of hydrazone groups is 1. The Balaban J connectivity index is 1.68. The molecule has 1 heterocycles. The number of nitrogens with one attached hydrogen (secondary N) is 1. The van der Waals surface area contributed by atoms with Gasteiger partial charge in [0.15, 0.2) is 0 Å². The van der Waals surface area contributed by atoms with E-state index in [0.29, 0.717) is 0 Å². The highest BCUT2D eigenvalue weighted by molar-refractivity contribution is 7.14. The predicted molar refractivity (Wildman–Crippen MR) is 91.6 cm³/mol.